The third kappa shape index (κ3) is 3.35. The van der Waals surface area contributed by atoms with E-state index in [2.05, 4.69) is 10.2 Å². The third-order valence-corrected chi connectivity index (χ3v) is 2.47. The van der Waals surface area contributed by atoms with E-state index in [1.165, 1.54) is 6.07 Å². The van der Waals surface area contributed by atoms with Crippen molar-refractivity contribution in [3.8, 4) is 5.75 Å². The van der Waals surface area contributed by atoms with Crippen LogP contribution in [-0.2, 0) is 6.42 Å². The van der Waals surface area contributed by atoms with Crippen LogP contribution in [0.2, 0.25) is 0 Å². The Balaban J connectivity index is 1.80. The summed E-state index contributed by atoms with van der Waals surface area (Å²) in [4.78, 5) is 22.0. The number of para-hydroxylation sites is 1. The number of H-pyrrole nitrogens is 2. The van der Waals surface area contributed by atoms with E-state index in [1.807, 2.05) is 30.3 Å². The smallest absolute Gasteiger partial charge is 0.310 e. The number of aromatic nitrogens is 2. The molecule has 0 atom stereocenters. The van der Waals surface area contributed by atoms with Crippen molar-refractivity contribution in [3.05, 3.63) is 62.7 Å². The molecule has 1 heterocycles. The zero-order chi connectivity index (χ0) is 12.8. The predicted octanol–water partition coefficient (Wildman–Crippen LogP) is 1.07. The molecule has 5 nitrogen and oxygen atoms in total. The van der Waals surface area contributed by atoms with Crippen LogP contribution in [0.25, 0.3) is 0 Å². The summed E-state index contributed by atoms with van der Waals surface area (Å²) >= 11 is 0. The molecule has 0 aliphatic carbocycles. The molecule has 2 N–H and O–H groups in total. The molecule has 0 saturated carbocycles. The normalized spacial score (nSPS) is 10.2. The van der Waals surface area contributed by atoms with Gasteiger partial charge in [-0.15, -0.1) is 0 Å². The van der Waals surface area contributed by atoms with E-state index in [4.69, 9.17) is 4.74 Å². The van der Waals surface area contributed by atoms with Crippen LogP contribution in [-0.4, -0.2) is 16.8 Å². The summed E-state index contributed by atoms with van der Waals surface area (Å²) < 4.78 is 5.52. The predicted molar refractivity (Wildman–Crippen MR) is 67.9 cm³/mol. The number of nitrogens with one attached hydrogen (secondary N) is 2. The highest BCUT2D eigenvalue weighted by atomic mass is 16.5. The van der Waals surface area contributed by atoms with Crippen LogP contribution in [0.5, 0.6) is 5.75 Å². The van der Waals surface area contributed by atoms with Gasteiger partial charge in [-0.1, -0.05) is 18.2 Å². The van der Waals surface area contributed by atoms with Crippen molar-refractivity contribution >= 4 is 0 Å². The SMILES string of the molecule is O=c1cc(CCCOc2ccccc2)[nH][nH]c1=O. The molecular weight excluding hydrogens is 232 g/mol. The second kappa shape index (κ2) is 5.86. The van der Waals surface area contributed by atoms with Gasteiger partial charge in [0.05, 0.1) is 6.61 Å². The van der Waals surface area contributed by atoms with E-state index in [-0.39, 0.29) is 0 Å². The minimum Gasteiger partial charge on any atom is -0.494 e. The average Bonchev–Trinajstić information content (AvgIpc) is 2.40. The molecule has 0 aliphatic heterocycles. The van der Waals surface area contributed by atoms with Crippen molar-refractivity contribution < 1.29 is 4.74 Å². The fraction of sp³-hybridized carbons (Fsp3) is 0.231. The molecular formula is C13H14N2O3. The topological polar surface area (TPSA) is 75.0 Å². The van der Waals surface area contributed by atoms with E-state index in [0.717, 1.165) is 12.2 Å². The number of ether oxygens (including phenoxy) is 1. The van der Waals surface area contributed by atoms with Gasteiger partial charge in [0, 0.05) is 11.8 Å². The molecule has 0 spiro atoms. The zero-order valence-electron chi connectivity index (χ0n) is 9.81. The summed E-state index contributed by atoms with van der Waals surface area (Å²) in [6.45, 7) is 0.561. The van der Waals surface area contributed by atoms with E-state index in [0.29, 0.717) is 18.7 Å². The highest BCUT2D eigenvalue weighted by molar-refractivity contribution is 5.20. The van der Waals surface area contributed by atoms with Crippen LogP contribution in [0.4, 0.5) is 0 Å². The monoisotopic (exact) mass is 246 g/mol. The standard InChI is InChI=1S/C13H14N2O3/c16-12-9-10(14-15-13(12)17)5-4-8-18-11-6-2-1-3-7-11/h1-3,6-7,9H,4-5,8H2,(H,14,16)(H,15,17). The molecule has 0 aliphatic rings. The van der Waals surface area contributed by atoms with Gasteiger partial charge in [0.25, 0.3) is 0 Å². The molecule has 2 aromatic rings. The van der Waals surface area contributed by atoms with Crippen molar-refractivity contribution in [2.75, 3.05) is 6.61 Å². The van der Waals surface area contributed by atoms with Crippen LogP contribution in [0.3, 0.4) is 0 Å². The van der Waals surface area contributed by atoms with E-state index < -0.39 is 11.0 Å². The second-order valence-electron chi connectivity index (χ2n) is 3.88. The summed E-state index contributed by atoms with van der Waals surface area (Å²) in [6.07, 6.45) is 1.41. The molecule has 2 rings (SSSR count). The lowest BCUT2D eigenvalue weighted by molar-refractivity contribution is 0.310. The Hall–Kier alpha value is -2.30. The van der Waals surface area contributed by atoms with Gasteiger partial charge in [0.1, 0.15) is 5.75 Å². The Kier molecular flexibility index (Phi) is 3.96. The summed E-state index contributed by atoms with van der Waals surface area (Å²) in [7, 11) is 0. The minimum atomic E-state index is -0.626. The van der Waals surface area contributed by atoms with Gasteiger partial charge < -0.3 is 9.84 Å². The van der Waals surface area contributed by atoms with Gasteiger partial charge in [-0.25, -0.2) is 0 Å². The number of hydrogen-bond acceptors (Lipinski definition) is 3. The van der Waals surface area contributed by atoms with Crippen molar-refractivity contribution in [2.24, 2.45) is 0 Å². The van der Waals surface area contributed by atoms with E-state index in [9.17, 15) is 9.59 Å². The Morgan fingerprint density at radius 1 is 1.06 bits per heavy atom. The van der Waals surface area contributed by atoms with Gasteiger partial charge >= 0.3 is 5.56 Å². The fourth-order valence-corrected chi connectivity index (χ4v) is 1.56. The fourth-order valence-electron chi connectivity index (χ4n) is 1.56. The number of benzene rings is 1. The Bertz CT molecular complexity index is 601. The van der Waals surface area contributed by atoms with Crippen molar-refractivity contribution in [1.29, 1.82) is 0 Å². The maximum Gasteiger partial charge on any atom is 0.310 e. The lowest BCUT2D eigenvalue weighted by Gasteiger charge is -2.05. The molecule has 1 aromatic carbocycles. The van der Waals surface area contributed by atoms with Crippen LogP contribution < -0.4 is 15.7 Å². The van der Waals surface area contributed by atoms with Gasteiger partial charge in [-0.2, -0.15) is 0 Å². The first kappa shape index (κ1) is 12.2. The lowest BCUT2D eigenvalue weighted by Crippen LogP contribution is -2.27. The summed E-state index contributed by atoms with van der Waals surface area (Å²) in [6, 6.07) is 10.9. The molecule has 0 bridgehead atoms. The maximum absolute atomic E-state index is 11.1. The minimum absolute atomic E-state index is 0.521. The molecule has 0 amide bonds. The molecule has 1 aromatic heterocycles. The third-order valence-electron chi connectivity index (χ3n) is 2.47. The number of aryl methyl sites for hydroxylation is 1. The van der Waals surface area contributed by atoms with Gasteiger partial charge in [-0.3, -0.25) is 14.7 Å². The Morgan fingerprint density at radius 2 is 1.83 bits per heavy atom. The van der Waals surface area contributed by atoms with Crippen molar-refractivity contribution in [1.82, 2.24) is 10.2 Å². The molecule has 5 heteroatoms. The summed E-state index contributed by atoms with van der Waals surface area (Å²) in [5.41, 5.74) is -0.441. The molecule has 94 valence electrons. The average molecular weight is 246 g/mol. The molecule has 0 saturated heterocycles. The quantitative estimate of drug-likeness (QED) is 0.612. The van der Waals surface area contributed by atoms with Crippen molar-refractivity contribution in [2.45, 2.75) is 12.8 Å². The first-order valence-corrected chi connectivity index (χ1v) is 5.74. The van der Waals surface area contributed by atoms with Gasteiger partial charge in [0.2, 0.25) is 5.43 Å². The van der Waals surface area contributed by atoms with Crippen LogP contribution in [0, 0.1) is 0 Å². The lowest BCUT2D eigenvalue weighted by atomic mass is 10.2. The maximum atomic E-state index is 11.1. The van der Waals surface area contributed by atoms with Crippen LogP contribution in [0.1, 0.15) is 12.1 Å². The van der Waals surface area contributed by atoms with Crippen LogP contribution in [0.15, 0.2) is 46.0 Å². The van der Waals surface area contributed by atoms with Gasteiger partial charge in [0.15, 0.2) is 0 Å². The number of rotatable bonds is 5. The van der Waals surface area contributed by atoms with Gasteiger partial charge in [-0.05, 0) is 25.0 Å². The first-order chi connectivity index (χ1) is 8.75. The number of aromatic amines is 2. The highest BCUT2D eigenvalue weighted by Crippen LogP contribution is 2.08. The van der Waals surface area contributed by atoms with Crippen molar-refractivity contribution in [3.63, 3.8) is 0 Å². The summed E-state index contributed by atoms with van der Waals surface area (Å²) in [5.74, 6) is 0.826. The Morgan fingerprint density at radius 3 is 2.56 bits per heavy atom. The Labute approximate surface area is 103 Å². The summed E-state index contributed by atoms with van der Waals surface area (Å²) in [5, 5.41) is 4.98. The van der Waals surface area contributed by atoms with E-state index in [1.54, 1.807) is 0 Å². The largest absolute Gasteiger partial charge is 0.494 e. The highest BCUT2D eigenvalue weighted by Gasteiger charge is 1.98. The molecule has 18 heavy (non-hydrogen) atoms. The van der Waals surface area contributed by atoms with E-state index >= 15 is 0 Å². The molecule has 0 radical (unpaired) electrons. The molecule has 0 fully saturated rings. The van der Waals surface area contributed by atoms with Crippen LogP contribution >= 0.6 is 0 Å². The second-order valence-corrected chi connectivity index (χ2v) is 3.88. The number of hydrogen-bond donors (Lipinski definition) is 2. The zero-order valence-corrected chi connectivity index (χ0v) is 9.81. The molecule has 0 unspecified atom stereocenters. The first-order valence-electron chi connectivity index (χ1n) is 5.74.